The second kappa shape index (κ2) is 9.80. The number of esters is 1. The van der Waals surface area contributed by atoms with Crippen LogP contribution in [-0.2, 0) is 19.6 Å². The van der Waals surface area contributed by atoms with Gasteiger partial charge in [0.2, 0.25) is 10.0 Å². The molecule has 0 amide bonds. The summed E-state index contributed by atoms with van der Waals surface area (Å²) in [4.78, 5) is 16.5. The van der Waals surface area contributed by atoms with Gasteiger partial charge in [-0.15, -0.1) is 0 Å². The third kappa shape index (κ3) is 5.72. The Kier molecular flexibility index (Phi) is 6.98. The minimum atomic E-state index is -3.44. The summed E-state index contributed by atoms with van der Waals surface area (Å²) in [6, 6.07) is 9.75. The summed E-state index contributed by atoms with van der Waals surface area (Å²) in [5, 5.41) is 0. The Morgan fingerprint density at radius 2 is 1.86 bits per heavy atom. The van der Waals surface area contributed by atoms with Crippen molar-refractivity contribution in [3.8, 4) is 11.5 Å². The molecule has 3 unspecified atom stereocenters. The molecule has 3 atom stereocenters. The molecule has 4 rings (SSSR count). The number of anilines is 1. The van der Waals surface area contributed by atoms with Crippen LogP contribution in [0.2, 0.25) is 0 Å². The van der Waals surface area contributed by atoms with Crippen LogP contribution in [-0.4, -0.2) is 52.2 Å². The summed E-state index contributed by atoms with van der Waals surface area (Å²) in [5.74, 6) is -0.399. The Bertz CT molecular complexity index is 1250. The lowest BCUT2D eigenvalue weighted by Crippen LogP contribution is -2.36. The summed E-state index contributed by atoms with van der Waals surface area (Å²) in [7, 11) is -2.06. The number of aliphatic imine (C=N–C) groups is 1. The van der Waals surface area contributed by atoms with Crippen LogP contribution >= 0.6 is 0 Å². The second-order valence-corrected chi connectivity index (χ2v) is 10.4. The van der Waals surface area contributed by atoms with E-state index in [9.17, 15) is 22.0 Å². The van der Waals surface area contributed by atoms with E-state index in [1.165, 1.54) is 20.1 Å². The van der Waals surface area contributed by atoms with Gasteiger partial charge in [-0.05, 0) is 49.1 Å². The van der Waals surface area contributed by atoms with E-state index in [0.717, 1.165) is 11.8 Å². The van der Waals surface area contributed by atoms with Gasteiger partial charge < -0.3 is 14.2 Å². The SMILES string of the molecule is COc1cc2c(cc1OC(F)F)C(c1ccc(NS(C)(=O)=O)cc1)=NC1CCC(OC(C)=O)CC21. The summed E-state index contributed by atoms with van der Waals surface area (Å²) < 4.78 is 67.2. The first-order valence-corrected chi connectivity index (χ1v) is 12.9. The molecular weight excluding hydrogens is 482 g/mol. The topological polar surface area (TPSA) is 103 Å². The van der Waals surface area contributed by atoms with Gasteiger partial charge in [0.25, 0.3) is 0 Å². The number of nitrogens with zero attached hydrogens (tertiary/aromatic N) is 1. The molecule has 0 radical (unpaired) electrons. The molecule has 2 aromatic carbocycles. The maximum absolute atomic E-state index is 13.1. The lowest BCUT2D eigenvalue weighted by atomic mass is 9.74. The molecular formula is C24H26F2N2O6S. The van der Waals surface area contributed by atoms with Gasteiger partial charge in [-0.1, -0.05) is 12.1 Å². The van der Waals surface area contributed by atoms with Gasteiger partial charge in [0.05, 0.1) is 25.1 Å². The largest absolute Gasteiger partial charge is 0.493 e. The van der Waals surface area contributed by atoms with Crippen molar-refractivity contribution in [2.75, 3.05) is 18.1 Å². The van der Waals surface area contributed by atoms with Crippen LogP contribution in [0.4, 0.5) is 14.5 Å². The van der Waals surface area contributed by atoms with Crippen molar-refractivity contribution in [3.63, 3.8) is 0 Å². The highest BCUT2D eigenvalue weighted by Crippen LogP contribution is 2.45. The van der Waals surface area contributed by atoms with Gasteiger partial charge in [0.15, 0.2) is 11.5 Å². The third-order valence-electron chi connectivity index (χ3n) is 6.06. The lowest BCUT2D eigenvalue weighted by molar-refractivity contribution is -0.148. The zero-order valence-corrected chi connectivity index (χ0v) is 20.3. The molecule has 1 saturated carbocycles. The molecule has 2 aromatic rings. The number of nitrogens with one attached hydrogen (secondary N) is 1. The molecule has 0 bridgehead atoms. The van der Waals surface area contributed by atoms with Gasteiger partial charge in [0, 0.05) is 29.7 Å². The van der Waals surface area contributed by atoms with Crippen LogP contribution in [0.15, 0.2) is 41.4 Å². The monoisotopic (exact) mass is 508 g/mol. The number of methoxy groups -OCH3 is 1. The van der Waals surface area contributed by atoms with Crippen molar-refractivity contribution in [1.82, 2.24) is 0 Å². The number of alkyl halides is 2. The fourth-order valence-corrected chi connectivity index (χ4v) is 5.32. The Labute approximate surface area is 202 Å². The highest BCUT2D eigenvalue weighted by Gasteiger charge is 2.39. The van der Waals surface area contributed by atoms with E-state index in [2.05, 4.69) is 4.72 Å². The van der Waals surface area contributed by atoms with Crippen molar-refractivity contribution in [3.05, 3.63) is 53.1 Å². The third-order valence-corrected chi connectivity index (χ3v) is 6.67. The second-order valence-electron chi connectivity index (χ2n) is 8.62. The van der Waals surface area contributed by atoms with Crippen LogP contribution in [0.1, 0.15) is 48.8 Å². The number of halogens is 2. The van der Waals surface area contributed by atoms with Crippen LogP contribution in [0.25, 0.3) is 0 Å². The van der Waals surface area contributed by atoms with E-state index in [4.69, 9.17) is 19.2 Å². The molecule has 11 heteroatoms. The fraction of sp³-hybridized carbons (Fsp3) is 0.417. The van der Waals surface area contributed by atoms with Crippen molar-refractivity contribution in [1.29, 1.82) is 0 Å². The molecule has 35 heavy (non-hydrogen) atoms. The van der Waals surface area contributed by atoms with E-state index < -0.39 is 16.6 Å². The smallest absolute Gasteiger partial charge is 0.387 e. The number of fused-ring (bicyclic) bond motifs is 3. The molecule has 8 nitrogen and oxygen atoms in total. The first kappa shape index (κ1) is 24.9. The van der Waals surface area contributed by atoms with Gasteiger partial charge in [0.1, 0.15) is 6.10 Å². The van der Waals surface area contributed by atoms with Crippen molar-refractivity contribution in [2.24, 2.45) is 4.99 Å². The Balaban J connectivity index is 1.79. The quantitative estimate of drug-likeness (QED) is 0.565. The Hall–Kier alpha value is -3.21. The normalized spacial score (nSPS) is 21.4. The number of carbonyl (C=O) groups excluding carboxylic acids is 1. The van der Waals surface area contributed by atoms with Crippen molar-refractivity contribution >= 4 is 27.4 Å². The van der Waals surface area contributed by atoms with Gasteiger partial charge in [-0.2, -0.15) is 8.78 Å². The van der Waals surface area contributed by atoms with Crippen LogP contribution in [0, 0.1) is 0 Å². The van der Waals surface area contributed by atoms with E-state index in [-0.39, 0.29) is 35.5 Å². The van der Waals surface area contributed by atoms with Crippen LogP contribution in [0.5, 0.6) is 11.5 Å². The molecule has 188 valence electrons. The highest BCUT2D eigenvalue weighted by molar-refractivity contribution is 7.92. The Morgan fingerprint density at radius 1 is 1.14 bits per heavy atom. The average molecular weight is 509 g/mol. The summed E-state index contributed by atoms with van der Waals surface area (Å²) in [5.41, 5.74) is 3.12. The maximum atomic E-state index is 13.1. The van der Waals surface area contributed by atoms with Crippen molar-refractivity contribution < 1.29 is 36.2 Å². The summed E-state index contributed by atoms with van der Waals surface area (Å²) >= 11 is 0. The van der Waals surface area contributed by atoms with E-state index >= 15 is 0 Å². The molecule has 1 aliphatic carbocycles. The molecule has 0 saturated heterocycles. The number of rotatable bonds is 7. The Morgan fingerprint density at radius 3 is 2.46 bits per heavy atom. The molecule has 1 N–H and O–H groups in total. The molecule has 0 spiro atoms. The van der Waals surface area contributed by atoms with Crippen molar-refractivity contribution in [2.45, 2.75) is 50.9 Å². The number of sulfonamides is 1. The number of carbonyl (C=O) groups is 1. The number of ether oxygens (including phenoxy) is 3. The molecule has 1 fully saturated rings. The standard InChI is InChI=1S/C24H26F2N2O6S/c1-13(29)33-16-8-9-20-18(10-16)17-11-21(32-2)22(34-24(25)26)12-19(17)23(27-20)14-4-6-15(7-5-14)28-35(3,30)31/h4-7,11-12,16,18,20,24,28H,8-10H2,1-3H3. The molecule has 1 heterocycles. The predicted molar refractivity (Wildman–Crippen MR) is 126 cm³/mol. The zero-order chi connectivity index (χ0) is 25.3. The maximum Gasteiger partial charge on any atom is 0.387 e. The predicted octanol–water partition coefficient (Wildman–Crippen LogP) is 4.09. The lowest BCUT2D eigenvalue weighted by Gasteiger charge is -2.38. The highest BCUT2D eigenvalue weighted by atomic mass is 32.2. The number of hydrogen-bond acceptors (Lipinski definition) is 7. The summed E-state index contributed by atoms with van der Waals surface area (Å²) in [6.45, 7) is -1.67. The first-order valence-electron chi connectivity index (χ1n) is 11.0. The van der Waals surface area contributed by atoms with Crippen LogP contribution < -0.4 is 14.2 Å². The average Bonchev–Trinajstić information content (AvgIpc) is 2.77. The number of hydrogen-bond donors (Lipinski definition) is 1. The van der Waals surface area contributed by atoms with Gasteiger partial charge in [-0.25, -0.2) is 8.42 Å². The molecule has 0 aromatic heterocycles. The van der Waals surface area contributed by atoms with E-state index in [1.807, 2.05) is 0 Å². The first-order chi connectivity index (χ1) is 16.5. The van der Waals surface area contributed by atoms with Gasteiger partial charge in [-0.3, -0.25) is 14.5 Å². The minimum Gasteiger partial charge on any atom is -0.493 e. The zero-order valence-electron chi connectivity index (χ0n) is 19.5. The summed E-state index contributed by atoms with van der Waals surface area (Å²) in [6.07, 6.45) is 2.68. The number of benzene rings is 2. The van der Waals surface area contributed by atoms with E-state index in [1.54, 1.807) is 30.3 Å². The minimum absolute atomic E-state index is 0.104. The van der Waals surface area contributed by atoms with Gasteiger partial charge >= 0.3 is 12.6 Å². The molecule has 1 aliphatic heterocycles. The molecule has 2 aliphatic rings. The fourth-order valence-electron chi connectivity index (χ4n) is 4.76. The van der Waals surface area contributed by atoms with E-state index in [0.29, 0.717) is 41.8 Å². The van der Waals surface area contributed by atoms with Crippen LogP contribution in [0.3, 0.4) is 0 Å².